The number of carbonyl (C=O) groups excluding carboxylic acids is 2. The molecule has 0 spiro atoms. The van der Waals surface area contributed by atoms with Crippen LogP contribution in [0.15, 0.2) is 67.0 Å². The van der Waals surface area contributed by atoms with E-state index in [1.807, 2.05) is 36.5 Å². The fourth-order valence-electron chi connectivity index (χ4n) is 2.90. The van der Waals surface area contributed by atoms with Gasteiger partial charge in [0.25, 0.3) is 0 Å². The monoisotopic (exact) mass is 446 g/mol. The molecule has 0 aliphatic heterocycles. The van der Waals surface area contributed by atoms with Crippen molar-refractivity contribution >= 4 is 17.5 Å². The number of nitrogens with one attached hydrogen (secondary N) is 1. The Bertz CT molecular complexity index is 1050. The number of carbonyl (C=O) groups is 2. The van der Waals surface area contributed by atoms with Gasteiger partial charge in [0.15, 0.2) is 0 Å². The van der Waals surface area contributed by atoms with Gasteiger partial charge in [-0.05, 0) is 48.4 Å². The van der Waals surface area contributed by atoms with Gasteiger partial charge in [-0.3, -0.25) is 9.59 Å². The number of hydrogen-bond acceptors (Lipinski definition) is 4. The molecule has 0 atom stereocenters. The highest BCUT2D eigenvalue weighted by Crippen LogP contribution is 2.23. The van der Waals surface area contributed by atoms with Gasteiger partial charge in [0.1, 0.15) is 5.75 Å². The molecule has 1 heterocycles. The van der Waals surface area contributed by atoms with E-state index in [-0.39, 0.29) is 18.9 Å². The quantitative estimate of drug-likeness (QED) is 0.571. The smallest absolute Gasteiger partial charge is 0.406 e. The second-order valence-electron chi connectivity index (χ2n) is 7.00. The molecule has 3 aromatic rings. The van der Waals surface area contributed by atoms with E-state index in [2.05, 4.69) is 15.2 Å². The molecule has 1 N–H and O–H groups in total. The Balaban J connectivity index is 1.45. The summed E-state index contributed by atoms with van der Waals surface area (Å²) in [5, 5.41) is 6.82. The van der Waals surface area contributed by atoms with E-state index in [4.69, 9.17) is 0 Å². The molecule has 0 aliphatic rings. The number of para-hydroxylation sites is 1. The number of halogens is 3. The molecule has 0 fully saturated rings. The van der Waals surface area contributed by atoms with Crippen LogP contribution in [0.3, 0.4) is 0 Å². The molecule has 0 bridgehead atoms. The van der Waals surface area contributed by atoms with Crippen molar-refractivity contribution in [2.24, 2.45) is 0 Å². The van der Waals surface area contributed by atoms with Gasteiger partial charge in [0.05, 0.1) is 18.4 Å². The molecule has 10 heteroatoms. The van der Waals surface area contributed by atoms with Gasteiger partial charge in [-0.25, -0.2) is 4.68 Å². The molecule has 0 unspecified atom stereocenters. The van der Waals surface area contributed by atoms with Gasteiger partial charge < -0.3 is 15.0 Å². The molecule has 32 heavy (non-hydrogen) atoms. The zero-order valence-corrected chi connectivity index (χ0v) is 17.2. The third-order valence-electron chi connectivity index (χ3n) is 4.46. The second kappa shape index (κ2) is 9.99. The van der Waals surface area contributed by atoms with Gasteiger partial charge in [0.2, 0.25) is 11.8 Å². The zero-order valence-electron chi connectivity index (χ0n) is 17.2. The van der Waals surface area contributed by atoms with Crippen LogP contribution in [0.4, 0.5) is 18.9 Å². The molecular formula is C22H21F3N4O3. The largest absolute Gasteiger partial charge is 0.573 e. The van der Waals surface area contributed by atoms with E-state index in [1.165, 1.54) is 24.1 Å². The average Bonchev–Trinajstić information content (AvgIpc) is 3.22. The number of ether oxygens (including phenoxy) is 1. The maximum absolute atomic E-state index is 12.4. The average molecular weight is 446 g/mol. The van der Waals surface area contributed by atoms with Gasteiger partial charge in [0, 0.05) is 25.4 Å². The Kier molecular flexibility index (Phi) is 7.14. The van der Waals surface area contributed by atoms with Crippen molar-refractivity contribution in [2.45, 2.75) is 19.2 Å². The maximum Gasteiger partial charge on any atom is 0.573 e. The third kappa shape index (κ3) is 6.86. The number of likely N-dealkylation sites (N-methyl/N-ethyl adjacent to an activating group) is 1. The summed E-state index contributed by atoms with van der Waals surface area (Å²) in [6.45, 7) is -0.192. The molecular weight excluding hydrogens is 425 g/mol. The summed E-state index contributed by atoms with van der Waals surface area (Å²) in [6.07, 6.45) is -0.569. The van der Waals surface area contributed by atoms with Gasteiger partial charge in [-0.15, -0.1) is 13.2 Å². The van der Waals surface area contributed by atoms with Crippen molar-refractivity contribution in [2.75, 3.05) is 18.9 Å². The number of aryl methyl sites for hydroxylation is 1. The van der Waals surface area contributed by atoms with Crippen LogP contribution in [-0.4, -0.2) is 46.4 Å². The van der Waals surface area contributed by atoms with Gasteiger partial charge in [-0.2, -0.15) is 5.10 Å². The van der Waals surface area contributed by atoms with Crippen LogP contribution < -0.4 is 10.1 Å². The third-order valence-corrected chi connectivity index (χ3v) is 4.46. The first kappa shape index (κ1) is 22.9. The summed E-state index contributed by atoms with van der Waals surface area (Å²) in [7, 11) is 1.51. The topological polar surface area (TPSA) is 76.5 Å². The van der Waals surface area contributed by atoms with Crippen LogP contribution in [0.5, 0.6) is 5.75 Å². The summed E-state index contributed by atoms with van der Waals surface area (Å²) in [5.74, 6) is -1.08. The summed E-state index contributed by atoms with van der Waals surface area (Å²) in [5.41, 5.74) is 2.09. The number of rotatable bonds is 8. The van der Waals surface area contributed by atoms with Crippen LogP contribution in [0.1, 0.15) is 12.0 Å². The number of aromatic nitrogens is 2. The summed E-state index contributed by atoms with van der Waals surface area (Å²) < 4.78 is 42.1. The van der Waals surface area contributed by atoms with Gasteiger partial charge in [-0.1, -0.05) is 18.2 Å². The zero-order chi connectivity index (χ0) is 23.1. The molecule has 1 aromatic heterocycles. The summed E-state index contributed by atoms with van der Waals surface area (Å²) in [4.78, 5) is 25.8. The molecule has 2 amide bonds. The van der Waals surface area contributed by atoms with Crippen molar-refractivity contribution in [3.05, 3.63) is 72.6 Å². The molecule has 2 aromatic carbocycles. The molecule has 168 valence electrons. The Morgan fingerprint density at radius 3 is 2.44 bits per heavy atom. The van der Waals surface area contributed by atoms with Crippen molar-refractivity contribution in [3.8, 4) is 11.4 Å². The van der Waals surface area contributed by atoms with Crippen LogP contribution in [0.2, 0.25) is 0 Å². The predicted molar refractivity (Wildman–Crippen MR) is 111 cm³/mol. The van der Waals surface area contributed by atoms with Gasteiger partial charge >= 0.3 is 6.36 Å². The minimum absolute atomic E-state index is 0.192. The maximum atomic E-state index is 12.4. The first-order valence-electron chi connectivity index (χ1n) is 9.68. The van der Waals surface area contributed by atoms with Crippen molar-refractivity contribution < 1.29 is 27.5 Å². The van der Waals surface area contributed by atoms with E-state index >= 15 is 0 Å². The SMILES string of the molecule is CN(CC(=O)Nc1ccc(OC(F)(F)F)cc1)C(=O)CCc1cnn(-c2ccccc2)c1. The highest BCUT2D eigenvalue weighted by molar-refractivity contribution is 5.94. The van der Waals surface area contributed by atoms with Crippen LogP contribution in [0.25, 0.3) is 5.69 Å². The second-order valence-corrected chi connectivity index (χ2v) is 7.00. The lowest BCUT2D eigenvalue weighted by Crippen LogP contribution is -2.35. The van der Waals surface area contributed by atoms with E-state index in [0.717, 1.165) is 23.4 Å². The van der Waals surface area contributed by atoms with Crippen molar-refractivity contribution in [3.63, 3.8) is 0 Å². The number of benzene rings is 2. The lowest BCUT2D eigenvalue weighted by atomic mass is 10.2. The lowest BCUT2D eigenvalue weighted by molar-refractivity contribution is -0.274. The number of anilines is 1. The molecule has 0 saturated carbocycles. The molecule has 0 aliphatic carbocycles. The number of hydrogen-bond donors (Lipinski definition) is 1. The number of amides is 2. The predicted octanol–water partition coefficient (Wildman–Crippen LogP) is 3.80. The Hall–Kier alpha value is -3.82. The molecule has 0 saturated heterocycles. The van der Waals surface area contributed by atoms with E-state index in [9.17, 15) is 22.8 Å². The van der Waals surface area contributed by atoms with Crippen LogP contribution in [-0.2, 0) is 16.0 Å². The number of nitrogens with zero attached hydrogens (tertiary/aromatic N) is 3. The van der Waals surface area contributed by atoms with Crippen LogP contribution >= 0.6 is 0 Å². The first-order chi connectivity index (χ1) is 15.2. The first-order valence-corrected chi connectivity index (χ1v) is 9.68. The lowest BCUT2D eigenvalue weighted by Gasteiger charge is -2.17. The highest BCUT2D eigenvalue weighted by atomic mass is 19.4. The van der Waals surface area contributed by atoms with E-state index in [1.54, 1.807) is 10.9 Å². The highest BCUT2D eigenvalue weighted by Gasteiger charge is 2.31. The molecule has 3 rings (SSSR count). The summed E-state index contributed by atoms with van der Waals surface area (Å²) >= 11 is 0. The van der Waals surface area contributed by atoms with Crippen LogP contribution in [0, 0.1) is 0 Å². The number of alkyl halides is 3. The fraction of sp³-hybridized carbons (Fsp3) is 0.227. The molecule has 7 nitrogen and oxygen atoms in total. The Morgan fingerprint density at radius 2 is 1.78 bits per heavy atom. The minimum atomic E-state index is -4.78. The minimum Gasteiger partial charge on any atom is -0.406 e. The van der Waals surface area contributed by atoms with E-state index in [0.29, 0.717) is 12.1 Å². The normalized spacial score (nSPS) is 11.1. The fourth-order valence-corrected chi connectivity index (χ4v) is 2.90. The van der Waals surface area contributed by atoms with Crippen molar-refractivity contribution in [1.29, 1.82) is 0 Å². The van der Waals surface area contributed by atoms with E-state index < -0.39 is 18.0 Å². The van der Waals surface area contributed by atoms with Crippen molar-refractivity contribution in [1.82, 2.24) is 14.7 Å². The Morgan fingerprint density at radius 1 is 1.09 bits per heavy atom. The standard InChI is InChI=1S/C22H21F3N4O3/c1-28(15-20(30)27-17-8-10-19(11-9-17)32-22(23,24)25)21(31)12-7-16-13-26-29(14-16)18-5-3-2-4-6-18/h2-6,8-11,13-14H,7,12,15H2,1H3,(H,27,30). The Labute approximate surface area is 182 Å². The summed E-state index contributed by atoms with van der Waals surface area (Å²) in [6, 6.07) is 14.3. The molecule has 0 radical (unpaired) electrons.